The van der Waals surface area contributed by atoms with E-state index >= 15 is 0 Å². The first-order valence-electron chi connectivity index (χ1n) is 5.64. The summed E-state index contributed by atoms with van der Waals surface area (Å²) in [5, 5.41) is 4.02. The number of carbonyl (C=O) groups is 1. The number of hydrogen-bond acceptors (Lipinski definition) is 3. The Balaban J connectivity index is 2.42. The van der Waals surface area contributed by atoms with E-state index in [-0.39, 0.29) is 6.54 Å². The number of urea groups is 1. The predicted molar refractivity (Wildman–Crippen MR) is 62.0 cm³/mol. The third-order valence-corrected chi connectivity index (χ3v) is 3.91. The Bertz CT molecular complexity index is 424. The van der Waals surface area contributed by atoms with E-state index in [1.165, 1.54) is 4.31 Å². The first-order valence-corrected chi connectivity index (χ1v) is 7.49. The van der Waals surface area contributed by atoms with Gasteiger partial charge in [-0.05, 0) is 12.8 Å². The van der Waals surface area contributed by atoms with Crippen molar-refractivity contribution in [3.05, 3.63) is 0 Å². The minimum absolute atomic E-state index is 0.0816. The van der Waals surface area contributed by atoms with Crippen molar-refractivity contribution in [3.8, 4) is 0 Å². The van der Waals surface area contributed by atoms with Crippen molar-refractivity contribution in [1.82, 2.24) is 14.9 Å². The number of sulfonamides is 1. The van der Waals surface area contributed by atoms with E-state index < -0.39 is 34.8 Å². The third-order valence-electron chi connectivity index (χ3n) is 2.64. The molecule has 19 heavy (non-hydrogen) atoms. The van der Waals surface area contributed by atoms with Gasteiger partial charge < -0.3 is 10.6 Å². The molecule has 1 aliphatic heterocycles. The molecule has 2 N–H and O–H groups in total. The Hall–Kier alpha value is -1.03. The number of rotatable bonds is 3. The predicted octanol–water partition coefficient (Wildman–Crippen LogP) is 0.272. The Morgan fingerprint density at radius 1 is 1.42 bits per heavy atom. The van der Waals surface area contributed by atoms with Gasteiger partial charge in [0.2, 0.25) is 10.0 Å². The first-order chi connectivity index (χ1) is 8.58. The molecule has 1 saturated heterocycles. The van der Waals surface area contributed by atoms with Gasteiger partial charge in [-0.15, -0.1) is 0 Å². The van der Waals surface area contributed by atoms with Crippen LogP contribution in [-0.2, 0) is 10.0 Å². The molecular weight excluding hydrogens is 287 g/mol. The van der Waals surface area contributed by atoms with Gasteiger partial charge in [-0.3, -0.25) is 0 Å². The van der Waals surface area contributed by atoms with Crippen LogP contribution in [0.3, 0.4) is 0 Å². The maximum atomic E-state index is 11.9. The molecule has 0 aromatic carbocycles. The van der Waals surface area contributed by atoms with E-state index in [4.69, 9.17) is 0 Å². The highest BCUT2D eigenvalue weighted by Gasteiger charge is 2.29. The van der Waals surface area contributed by atoms with Gasteiger partial charge in [0.05, 0.1) is 6.26 Å². The lowest BCUT2D eigenvalue weighted by Crippen LogP contribution is -2.52. The van der Waals surface area contributed by atoms with Gasteiger partial charge in [0.25, 0.3) is 0 Å². The normalized spacial score (nSPS) is 22.0. The van der Waals surface area contributed by atoms with Crippen LogP contribution >= 0.6 is 0 Å². The summed E-state index contributed by atoms with van der Waals surface area (Å²) < 4.78 is 59.5. The fourth-order valence-corrected chi connectivity index (χ4v) is 2.69. The van der Waals surface area contributed by atoms with Gasteiger partial charge in [0, 0.05) is 19.1 Å². The molecule has 1 unspecified atom stereocenters. The van der Waals surface area contributed by atoms with Gasteiger partial charge in [0.15, 0.2) is 0 Å². The molecule has 6 nitrogen and oxygen atoms in total. The largest absolute Gasteiger partial charge is 0.405 e. The lowest BCUT2D eigenvalue weighted by atomic mass is 10.1. The third kappa shape index (κ3) is 6.10. The standard InChI is InChI=1S/C9H16F3N3O3S/c1-19(17,18)15-4-2-3-7(5-15)14-8(16)13-6-9(10,11)12/h7H,2-6H2,1H3,(H2,13,14,16). The van der Waals surface area contributed by atoms with Crippen LogP contribution < -0.4 is 10.6 Å². The molecule has 0 radical (unpaired) electrons. The van der Waals surface area contributed by atoms with E-state index in [2.05, 4.69) is 5.32 Å². The van der Waals surface area contributed by atoms with Gasteiger partial charge >= 0.3 is 12.2 Å². The molecule has 1 fully saturated rings. The number of amides is 2. The van der Waals surface area contributed by atoms with Crippen LogP contribution in [0.5, 0.6) is 0 Å². The maximum absolute atomic E-state index is 11.9. The Kier molecular flexibility index (Phi) is 5.02. The van der Waals surface area contributed by atoms with E-state index in [1.54, 1.807) is 5.32 Å². The van der Waals surface area contributed by atoms with Crippen LogP contribution in [0.2, 0.25) is 0 Å². The summed E-state index contributed by atoms with van der Waals surface area (Å²) in [5.74, 6) is 0. The smallest absolute Gasteiger partial charge is 0.334 e. The Morgan fingerprint density at radius 2 is 2.05 bits per heavy atom. The number of halogens is 3. The lowest BCUT2D eigenvalue weighted by Gasteiger charge is -2.31. The van der Waals surface area contributed by atoms with Crippen molar-refractivity contribution in [2.24, 2.45) is 0 Å². The van der Waals surface area contributed by atoms with Crippen molar-refractivity contribution in [3.63, 3.8) is 0 Å². The van der Waals surface area contributed by atoms with Crippen LogP contribution in [0.1, 0.15) is 12.8 Å². The summed E-state index contributed by atoms with van der Waals surface area (Å²) in [7, 11) is -3.35. The van der Waals surface area contributed by atoms with Crippen molar-refractivity contribution < 1.29 is 26.4 Å². The van der Waals surface area contributed by atoms with Crippen molar-refractivity contribution in [1.29, 1.82) is 0 Å². The average molecular weight is 303 g/mol. The van der Waals surface area contributed by atoms with Gasteiger partial charge in [-0.25, -0.2) is 17.5 Å². The molecule has 0 aromatic heterocycles. The van der Waals surface area contributed by atoms with Crippen molar-refractivity contribution in [2.45, 2.75) is 25.1 Å². The first kappa shape index (κ1) is 16.0. The fraction of sp³-hybridized carbons (Fsp3) is 0.889. The molecule has 1 atom stereocenters. The summed E-state index contributed by atoms with van der Waals surface area (Å²) in [6.45, 7) is -0.971. The highest BCUT2D eigenvalue weighted by molar-refractivity contribution is 7.88. The molecule has 10 heteroatoms. The number of carbonyl (C=O) groups excluding carboxylic acids is 1. The summed E-state index contributed by atoms with van der Waals surface area (Å²) >= 11 is 0. The monoisotopic (exact) mass is 303 g/mol. The highest BCUT2D eigenvalue weighted by Crippen LogP contribution is 2.14. The molecular formula is C9H16F3N3O3S. The van der Waals surface area contributed by atoms with Crippen LogP contribution in [0.25, 0.3) is 0 Å². The Morgan fingerprint density at radius 3 is 2.58 bits per heavy atom. The number of piperidine rings is 1. The maximum Gasteiger partial charge on any atom is 0.405 e. The zero-order valence-electron chi connectivity index (χ0n) is 10.3. The second-order valence-electron chi connectivity index (χ2n) is 4.40. The molecule has 0 spiro atoms. The number of nitrogens with zero attached hydrogens (tertiary/aromatic N) is 1. The summed E-state index contributed by atoms with van der Waals surface area (Å²) in [4.78, 5) is 11.2. The SMILES string of the molecule is CS(=O)(=O)N1CCCC(NC(=O)NCC(F)(F)F)C1. The van der Waals surface area contributed by atoms with Crippen LogP contribution in [0, 0.1) is 0 Å². The van der Waals surface area contributed by atoms with Crippen LogP contribution in [0.15, 0.2) is 0 Å². The minimum atomic E-state index is -4.47. The van der Waals surface area contributed by atoms with Gasteiger partial charge in [-0.2, -0.15) is 13.2 Å². The summed E-state index contributed by atoms with van der Waals surface area (Å²) in [6, 6.07) is -1.42. The summed E-state index contributed by atoms with van der Waals surface area (Å²) in [5.41, 5.74) is 0. The average Bonchev–Trinajstić information content (AvgIpc) is 2.25. The highest BCUT2D eigenvalue weighted by atomic mass is 32.2. The number of hydrogen-bond donors (Lipinski definition) is 2. The van der Waals surface area contributed by atoms with E-state index in [1.807, 2.05) is 0 Å². The van der Waals surface area contributed by atoms with Crippen LogP contribution in [-0.4, -0.2) is 56.9 Å². The van der Waals surface area contributed by atoms with Gasteiger partial charge in [-0.1, -0.05) is 0 Å². The van der Waals surface area contributed by atoms with Crippen molar-refractivity contribution >= 4 is 16.1 Å². The zero-order chi connectivity index (χ0) is 14.7. The number of alkyl halides is 3. The molecule has 0 aliphatic carbocycles. The molecule has 0 bridgehead atoms. The zero-order valence-corrected chi connectivity index (χ0v) is 11.1. The fourth-order valence-electron chi connectivity index (χ4n) is 1.78. The molecule has 112 valence electrons. The van der Waals surface area contributed by atoms with Gasteiger partial charge in [0.1, 0.15) is 6.54 Å². The molecule has 0 saturated carbocycles. The molecule has 2 amide bonds. The van der Waals surface area contributed by atoms with E-state index in [0.29, 0.717) is 19.4 Å². The molecule has 1 heterocycles. The second kappa shape index (κ2) is 5.95. The number of nitrogens with one attached hydrogen (secondary N) is 2. The lowest BCUT2D eigenvalue weighted by molar-refractivity contribution is -0.122. The topological polar surface area (TPSA) is 78.5 Å². The Labute approximate surface area is 109 Å². The summed E-state index contributed by atoms with van der Waals surface area (Å²) in [6.07, 6.45) is -2.33. The molecule has 1 rings (SSSR count). The van der Waals surface area contributed by atoms with E-state index in [9.17, 15) is 26.4 Å². The second-order valence-corrected chi connectivity index (χ2v) is 6.38. The molecule has 1 aliphatic rings. The van der Waals surface area contributed by atoms with Crippen LogP contribution in [0.4, 0.5) is 18.0 Å². The minimum Gasteiger partial charge on any atom is -0.334 e. The van der Waals surface area contributed by atoms with Crippen molar-refractivity contribution in [2.75, 3.05) is 25.9 Å². The quantitative estimate of drug-likeness (QED) is 0.785. The van der Waals surface area contributed by atoms with E-state index in [0.717, 1.165) is 6.26 Å². The molecule has 0 aromatic rings.